The van der Waals surface area contributed by atoms with Crippen LogP contribution < -0.4 is 5.32 Å². The topological polar surface area (TPSA) is 12.0 Å². The van der Waals surface area contributed by atoms with Crippen LogP contribution in [0.5, 0.6) is 0 Å². The molecule has 90 valence electrons. The summed E-state index contributed by atoms with van der Waals surface area (Å²) in [6, 6.07) is 9.24. The maximum atomic E-state index is 12.9. The lowest BCUT2D eigenvalue weighted by atomic mass is 10.1. The minimum absolute atomic E-state index is 0.188. The van der Waals surface area contributed by atoms with Crippen LogP contribution in [0, 0.1) is 12.7 Å². The normalized spacial score (nSPS) is 12.7. The summed E-state index contributed by atoms with van der Waals surface area (Å²) in [6.07, 6.45) is 0. The fourth-order valence-electron chi connectivity index (χ4n) is 1.75. The van der Waals surface area contributed by atoms with Crippen molar-refractivity contribution in [2.24, 2.45) is 0 Å². The van der Waals surface area contributed by atoms with Crippen LogP contribution in [0.25, 0.3) is 10.4 Å². The smallest absolute Gasteiger partial charge is 0.123 e. The number of rotatable bonds is 3. The molecule has 1 heterocycles. The molecule has 0 amide bonds. The molecule has 0 saturated heterocycles. The van der Waals surface area contributed by atoms with Crippen molar-refractivity contribution in [1.82, 2.24) is 5.32 Å². The van der Waals surface area contributed by atoms with E-state index in [9.17, 15) is 4.39 Å². The third kappa shape index (κ3) is 2.56. The van der Waals surface area contributed by atoms with Gasteiger partial charge in [-0.25, -0.2) is 4.39 Å². The van der Waals surface area contributed by atoms with Crippen LogP contribution in [-0.4, -0.2) is 7.05 Å². The van der Waals surface area contributed by atoms with E-state index in [2.05, 4.69) is 25.2 Å². The standard InChI is InChI=1S/C14H16FNS/c1-9-8-13(10(2)16-3)17-14(9)11-4-6-12(15)7-5-11/h4-8,10,16H,1-3H3. The molecule has 1 N–H and O–H groups in total. The van der Waals surface area contributed by atoms with E-state index in [1.54, 1.807) is 11.3 Å². The molecule has 1 nitrogen and oxygen atoms in total. The number of hydrogen-bond acceptors (Lipinski definition) is 2. The first-order chi connectivity index (χ1) is 8.11. The van der Waals surface area contributed by atoms with Crippen LogP contribution in [0.3, 0.4) is 0 Å². The fraction of sp³-hybridized carbons (Fsp3) is 0.286. The highest BCUT2D eigenvalue weighted by molar-refractivity contribution is 7.15. The predicted molar refractivity (Wildman–Crippen MR) is 71.9 cm³/mol. The van der Waals surface area contributed by atoms with Crippen molar-refractivity contribution in [3.8, 4) is 10.4 Å². The first kappa shape index (κ1) is 12.3. The van der Waals surface area contributed by atoms with Crippen LogP contribution in [0.4, 0.5) is 4.39 Å². The van der Waals surface area contributed by atoms with Crippen LogP contribution >= 0.6 is 11.3 Å². The molecule has 0 saturated carbocycles. The molecule has 1 aromatic carbocycles. The monoisotopic (exact) mass is 249 g/mol. The lowest BCUT2D eigenvalue weighted by Gasteiger charge is -2.05. The highest BCUT2D eigenvalue weighted by Gasteiger charge is 2.11. The summed E-state index contributed by atoms with van der Waals surface area (Å²) < 4.78 is 12.9. The van der Waals surface area contributed by atoms with E-state index >= 15 is 0 Å². The van der Waals surface area contributed by atoms with Crippen molar-refractivity contribution >= 4 is 11.3 Å². The number of benzene rings is 1. The van der Waals surface area contributed by atoms with Crippen LogP contribution in [0.15, 0.2) is 30.3 Å². The van der Waals surface area contributed by atoms with Crippen molar-refractivity contribution in [2.45, 2.75) is 19.9 Å². The van der Waals surface area contributed by atoms with Crippen molar-refractivity contribution in [2.75, 3.05) is 7.05 Å². The molecule has 0 spiro atoms. The Morgan fingerprint density at radius 1 is 1.24 bits per heavy atom. The quantitative estimate of drug-likeness (QED) is 0.862. The summed E-state index contributed by atoms with van der Waals surface area (Å²) in [5.41, 5.74) is 2.34. The highest BCUT2D eigenvalue weighted by Crippen LogP contribution is 2.35. The Morgan fingerprint density at radius 3 is 2.47 bits per heavy atom. The van der Waals surface area contributed by atoms with E-state index in [4.69, 9.17) is 0 Å². The molecule has 0 fully saturated rings. The molecular weight excluding hydrogens is 233 g/mol. The zero-order valence-electron chi connectivity index (χ0n) is 10.3. The second-order valence-electron chi connectivity index (χ2n) is 4.18. The van der Waals surface area contributed by atoms with E-state index in [0.29, 0.717) is 6.04 Å². The van der Waals surface area contributed by atoms with E-state index in [1.165, 1.54) is 27.5 Å². The van der Waals surface area contributed by atoms with Gasteiger partial charge in [-0.3, -0.25) is 0 Å². The van der Waals surface area contributed by atoms with Crippen molar-refractivity contribution in [3.63, 3.8) is 0 Å². The summed E-state index contributed by atoms with van der Waals surface area (Å²) in [6.45, 7) is 4.24. The van der Waals surface area contributed by atoms with Crippen LogP contribution in [-0.2, 0) is 0 Å². The Labute approximate surface area is 105 Å². The molecule has 1 unspecified atom stereocenters. The molecule has 1 atom stereocenters. The van der Waals surface area contributed by atoms with Gasteiger partial charge in [0.1, 0.15) is 5.82 Å². The third-order valence-corrected chi connectivity index (χ3v) is 4.37. The molecule has 0 radical (unpaired) electrons. The van der Waals surface area contributed by atoms with Gasteiger partial charge in [-0.2, -0.15) is 0 Å². The van der Waals surface area contributed by atoms with Gasteiger partial charge in [0.25, 0.3) is 0 Å². The zero-order chi connectivity index (χ0) is 12.4. The third-order valence-electron chi connectivity index (χ3n) is 2.90. The van der Waals surface area contributed by atoms with Crippen molar-refractivity contribution in [1.29, 1.82) is 0 Å². The summed E-state index contributed by atoms with van der Waals surface area (Å²) >= 11 is 1.77. The van der Waals surface area contributed by atoms with E-state index in [-0.39, 0.29) is 5.82 Å². The van der Waals surface area contributed by atoms with Gasteiger partial charge < -0.3 is 5.32 Å². The number of aryl methyl sites for hydroxylation is 1. The minimum Gasteiger partial charge on any atom is -0.313 e. The summed E-state index contributed by atoms with van der Waals surface area (Å²) in [5, 5.41) is 3.23. The summed E-state index contributed by atoms with van der Waals surface area (Å²) in [7, 11) is 1.96. The maximum absolute atomic E-state index is 12.9. The molecule has 0 aliphatic rings. The van der Waals surface area contributed by atoms with E-state index in [0.717, 1.165) is 5.56 Å². The Hall–Kier alpha value is -1.19. The first-order valence-corrected chi connectivity index (χ1v) is 6.47. The zero-order valence-corrected chi connectivity index (χ0v) is 11.1. The summed E-state index contributed by atoms with van der Waals surface area (Å²) in [5.74, 6) is -0.188. The van der Waals surface area contributed by atoms with Crippen molar-refractivity contribution in [3.05, 3.63) is 46.6 Å². The lowest BCUT2D eigenvalue weighted by molar-refractivity contribution is 0.628. The second-order valence-corrected chi connectivity index (χ2v) is 5.26. The maximum Gasteiger partial charge on any atom is 0.123 e. The lowest BCUT2D eigenvalue weighted by Crippen LogP contribution is -2.10. The molecule has 17 heavy (non-hydrogen) atoms. The SMILES string of the molecule is CNC(C)c1cc(C)c(-c2ccc(F)cc2)s1. The Bertz CT molecular complexity index is 501. The number of hydrogen-bond donors (Lipinski definition) is 1. The largest absolute Gasteiger partial charge is 0.313 e. The Kier molecular flexibility index (Phi) is 3.60. The summed E-state index contributed by atoms with van der Waals surface area (Å²) in [4.78, 5) is 2.53. The number of nitrogens with one attached hydrogen (secondary N) is 1. The average Bonchev–Trinajstić information content (AvgIpc) is 2.71. The van der Waals surface area contributed by atoms with Crippen molar-refractivity contribution < 1.29 is 4.39 Å². The highest BCUT2D eigenvalue weighted by atomic mass is 32.1. The Morgan fingerprint density at radius 2 is 1.88 bits per heavy atom. The van der Waals surface area contributed by atoms with Gasteiger partial charge in [-0.1, -0.05) is 12.1 Å². The average molecular weight is 249 g/mol. The van der Waals surface area contributed by atoms with Crippen LogP contribution in [0.2, 0.25) is 0 Å². The molecule has 0 bridgehead atoms. The van der Waals surface area contributed by atoms with E-state index in [1.807, 2.05) is 19.2 Å². The molecule has 2 aromatic rings. The molecular formula is C14H16FNS. The van der Waals surface area contributed by atoms with Gasteiger partial charge in [0.15, 0.2) is 0 Å². The second kappa shape index (κ2) is 4.98. The fourth-order valence-corrected chi connectivity index (χ4v) is 2.99. The first-order valence-electron chi connectivity index (χ1n) is 5.65. The van der Waals surface area contributed by atoms with Gasteiger partial charge in [0.2, 0.25) is 0 Å². The van der Waals surface area contributed by atoms with Crippen LogP contribution in [0.1, 0.15) is 23.4 Å². The van der Waals surface area contributed by atoms with Gasteiger partial charge in [-0.15, -0.1) is 11.3 Å². The molecule has 0 aliphatic carbocycles. The van der Waals surface area contributed by atoms with Gasteiger partial charge >= 0.3 is 0 Å². The van der Waals surface area contributed by atoms with Gasteiger partial charge in [-0.05, 0) is 50.2 Å². The minimum atomic E-state index is -0.188. The molecule has 0 aliphatic heterocycles. The number of halogens is 1. The van der Waals surface area contributed by atoms with Gasteiger partial charge in [0.05, 0.1) is 0 Å². The Balaban J connectivity index is 2.39. The molecule has 1 aromatic heterocycles. The van der Waals surface area contributed by atoms with Gasteiger partial charge in [0, 0.05) is 15.8 Å². The number of thiophene rings is 1. The molecule has 3 heteroatoms. The predicted octanol–water partition coefficient (Wildman–Crippen LogP) is 4.14. The van der Waals surface area contributed by atoms with E-state index < -0.39 is 0 Å². The molecule has 2 rings (SSSR count).